The number of hydrogen-bond acceptors (Lipinski definition) is 3. The molecule has 0 aliphatic rings. The topological polar surface area (TPSA) is 50.2 Å². The first-order valence-corrected chi connectivity index (χ1v) is 5.42. The lowest BCUT2D eigenvalue weighted by Crippen LogP contribution is -2.07. The van der Waals surface area contributed by atoms with E-state index >= 15 is 0 Å². The number of pyridine rings is 1. The fraction of sp³-hybridized carbons (Fsp3) is 0.143. The van der Waals surface area contributed by atoms with Crippen LogP contribution in [0.25, 0.3) is 0 Å². The minimum atomic E-state index is -0.702. The van der Waals surface area contributed by atoms with Gasteiger partial charge in [-0.05, 0) is 13.0 Å². The molecular formula is C14H13NO2. The first-order valence-electron chi connectivity index (χ1n) is 5.42. The van der Waals surface area contributed by atoms with Crippen molar-refractivity contribution in [3.05, 3.63) is 65.5 Å². The summed E-state index contributed by atoms with van der Waals surface area (Å²) in [5.41, 5.74) is 1.67. The Morgan fingerprint density at radius 2 is 1.94 bits per heavy atom. The third-order valence-electron chi connectivity index (χ3n) is 2.58. The molecule has 86 valence electrons. The van der Waals surface area contributed by atoms with E-state index in [4.69, 9.17) is 0 Å². The van der Waals surface area contributed by atoms with Crippen LogP contribution in [0.1, 0.15) is 34.5 Å². The van der Waals surface area contributed by atoms with E-state index in [0.29, 0.717) is 16.7 Å². The normalized spacial score (nSPS) is 12.1. The minimum Gasteiger partial charge on any atom is -0.389 e. The summed E-state index contributed by atoms with van der Waals surface area (Å²) >= 11 is 0. The molecule has 1 aromatic carbocycles. The van der Waals surface area contributed by atoms with Gasteiger partial charge in [0.15, 0.2) is 5.78 Å². The lowest BCUT2D eigenvalue weighted by Gasteiger charge is -2.10. The number of hydrogen-bond donors (Lipinski definition) is 1. The van der Waals surface area contributed by atoms with E-state index in [0.717, 1.165) is 0 Å². The molecule has 3 nitrogen and oxygen atoms in total. The number of aliphatic hydroxyl groups is 1. The fourth-order valence-corrected chi connectivity index (χ4v) is 1.69. The van der Waals surface area contributed by atoms with Crippen molar-refractivity contribution >= 4 is 5.78 Å². The number of carbonyl (C=O) groups excluding carboxylic acids is 1. The highest BCUT2D eigenvalue weighted by atomic mass is 16.3. The van der Waals surface area contributed by atoms with Crippen LogP contribution in [0.5, 0.6) is 0 Å². The summed E-state index contributed by atoms with van der Waals surface area (Å²) in [5.74, 6) is -0.0936. The van der Waals surface area contributed by atoms with Gasteiger partial charge in [-0.2, -0.15) is 0 Å². The van der Waals surface area contributed by atoms with Crippen LogP contribution in [-0.2, 0) is 0 Å². The summed E-state index contributed by atoms with van der Waals surface area (Å²) in [6.07, 6.45) is 2.38. The van der Waals surface area contributed by atoms with Crippen LogP contribution in [0, 0.1) is 0 Å². The number of carbonyl (C=O) groups is 1. The number of aliphatic hydroxyl groups excluding tert-OH is 1. The molecule has 1 atom stereocenters. The number of ketones is 1. The highest BCUT2D eigenvalue weighted by Gasteiger charge is 2.15. The molecule has 1 N–H and O–H groups in total. The van der Waals surface area contributed by atoms with Crippen molar-refractivity contribution in [2.75, 3.05) is 0 Å². The molecule has 0 saturated heterocycles. The molecule has 0 spiro atoms. The number of benzene rings is 1. The SMILES string of the molecule is CC(O)c1cnccc1C(=O)c1ccccc1. The Kier molecular flexibility index (Phi) is 3.30. The minimum absolute atomic E-state index is 0.0936. The Balaban J connectivity index is 2.45. The van der Waals surface area contributed by atoms with Crippen molar-refractivity contribution in [1.29, 1.82) is 0 Å². The molecule has 1 unspecified atom stereocenters. The van der Waals surface area contributed by atoms with Gasteiger partial charge in [-0.15, -0.1) is 0 Å². The maximum Gasteiger partial charge on any atom is 0.193 e. The highest BCUT2D eigenvalue weighted by molar-refractivity contribution is 6.09. The van der Waals surface area contributed by atoms with Crippen LogP contribution in [0.4, 0.5) is 0 Å². The van der Waals surface area contributed by atoms with E-state index in [1.807, 2.05) is 18.2 Å². The summed E-state index contributed by atoms with van der Waals surface area (Å²) in [6.45, 7) is 1.62. The van der Waals surface area contributed by atoms with Gasteiger partial charge in [-0.3, -0.25) is 9.78 Å². The van der Waals surface area contributed by atoms with E-state index < -0.39 is 6.10 Å². The number of nitrogens with zero attached hydrogens (tertiary/aromatic N) is 1. The Hall–Kier alpha value is -2.00. The van der Waals surface area contributed by atoms with E-state index in [9.17, 15) is 9.90 Å². The molecule has 1 heterocycles. The molecule has 2 rings (SSSR count). The molecule has 1 aromatic heterocycles. The van der Waals surface area contributed by atoms with Crippen LogP contribution in [-0.4, -0.2) is 15.9 Å². The molecule has 0 aliphatic heterocycles. The van der Waals surface area contributed by atoms with Gasteiger partial charge in [0.05, 0.1) is 6.10 Å². The molecule has 17 heavy (non-hydrogen) atoms. The van der Waals surface area contributed by atoms with Crippen molar-refractivity contribution in [3.63, 3.8) is 0 Å². The molecule has 0 radical (unpaired) electrons. The standard InChI is InChI=1S/C14H13NO2/c1-10(16)13-9-15-8-7-12(13)14(17)11-5-3-2-4-6-11/h2-10,16H,1H3. The Labute approximate surface area is 99.8 Å². The second-order valence-corrected chi connectivity index (χ2v) is 3.83. The molecule has 0 aliphatic carbocycles. The summed E-state index contributed by atoms with van der Waals surface area (Å²) in [6, 6.07) is 10.6. The zero-order valence-electron chi connectivity index (χ0n) is 9.50. The molecule has 0 fully saturated rings. The van der Waals surface area contributed by atoms with Crippen LogP contribution < -0.4 is 0 Å². The fourth-order valence-electron chi connectivity index (χ4n) is 1.69. The predicted octanol–water partition coefficient (Wildman–Crippen LogP) is 2.37. The first kappa shape index (κ1) is 11.5. The summed E-state index contributed by atoms with van der Waals surface area (Å²) in [7, 11) is 0. The number of aromatic nitrogens is 1. The predicted molar refractivity (Wildman–Crippen MR) is 64.7 cm³/mol. The summed E-state index contributed by atoms with van der Waals surface area (Å²) in [5, 5.41) is 9.61. The average molecular weight is 227 g/mol. The van der Waals surface area contributed by atoms with Gasteiger partial charge in [0.25, 0.3) is 0 Å². The van der Waals surface area contributed by atoms with Crippen LogP contribution >= 0.6 is 0 Å². The lowest BCUT2D eigenvalue weighted by atomic mass is 9.98. The third-order valence-corrected chi connectivity index (χ3v) is 2.58. The second kappa shape index (κ2) is 4.89. The molecule has 3 heteroatoms. The maximum absolute atomic E-state index is 12.2. The second-order valence-electron chi connectivity index (χ2n) is 3.83. The smallest absolute Gasteiger partial charge is 0.193 e. The van der Waals surface area contributed by atoms with E-state index in [2.05, 4.69) is 4.98 Å². The zero-order valence-corrected chi connectivity index (χ0v) is 9.50. The van der Waals surface area contributed by atoms with Crippen LogP contribution in [0.2, 0.25) is 0 Å². The van der Waals surface area contributed by atoms with Crippen molar-refractivity contribution in [3.8, 4) is 0 Å². The lowest BCUT2D eigenvalue weighted by molar-refractivity contribution is 0.103. The molecule has 2 aromatic rings. The Morgan fingerprint density at radius 1 is 1.24 bits per heavy atom. The van der Waals surface area contributed by atoms with E-state index in [1.165, 1.54) is 6.20 Å². The molecule has 0 bridgehead atoms. The van der Waals surface area contributed by atoms with Crippen molar-refractivity contribution < 1.29 is 9.90 Å². The Morgan fingerprint density at radius 3 is 2.59 bits per heavy atom. The van der Waals surface area contributed by atoms with Crippen LogP contribution in [0.15, 0.2) is 48.8 Å². The van der Waals surface area contributed by atoms with E-state index in [-0.39, 0.29) is 5.78 Å². The van der Waals surface area contributed by atoms with Crippen molar-refractivity contribution in [2.24, 2.45) is 0 Å². The third kappa shape index (κ3) is 2.40. The summed E-state index contributed by atoms with van der Waals surface area (Å²) in [4.78, 5) is 16.2. The molecule has 0 amide bonds. The van der Waals surface area contributed by atoms with Gasteiger partial charge in [0, 0.05) is 29.1 Å². The molecule has 0 saturated carbocycles. The van der Waals surface area contributed by atoms with Gasteiger partial charge in [0.1, 0.15) is 0 Å². The maximum atomic E-state index is 12.2. The van der Waals surface area contributed by atoms with Gasteiger partial charge in [-0.1, -0.05) is 30.3 Å². The summed E-state index contributed by atoms with van der Waals surface area (Å²) < 4.78 is 0. The first-order chi connectivity index (χ1) is 8.20. The average Bonchev–Trinajstić information content (AvgIpc) is 2.39. The van der Waals surface area contributed by atoms with Crippen LogP contribution in [0.3, 0.4) is 0 Å². The monoisotopic (exact) mass is 227 g/mol. The number of rotatable bonds is 3. The van der Waals surface area contributed by atoms with Crippen molar-refractivity contribution in [1.82, 2.24) is 4.98 Å². The van der Waals surface area contributed by atoms with Gasteiger partial charge < -0.3 is 5.11 Å². The van der Waals surface area contributed by atoms with Gasteiger partial charge >= 0.3 is 0 Å². The van der Waals surface area contributed by atoms with Crippen molar-refractivity contribution in [2.45, 2.75) is 13.0 Å². The Bertz CT molecular complexity index is 521. The molecular weight excluding hydrogens is 214 g/mol. The van der Waals surface area contributed by atoms with Gasteiger partial charge in [0.2, 0.25) is 0 Å². The van der Waals surface area contributed by atoms with E-state index in [1.54, 1.807) is 31.3 Å². The van der Waals surface area contributed by atoms with Gasteiger partial charge in [-0.25, -0.2) is 0 Å². The zero-order chi connectivity index (χ0) is 12.3. The largest absolute Gasteiger partial charge is 0.389 e. The quantitative estimate of drug-likeness (QED) is 0.819. The highest BCUT2D eigenvalue weighted by Crippen LogP contribution is 2.19.